The summed E-state index contributed by atoms with van der Waals surface area (Å²) in [6, 6.07) is 6.89. The molecule has 4 nitrogen and oxygen atoms in total. The molecule has 0 saturated carbocycles. The Hall–Kier alpha value is -2.02. The van der Waals surface area contributed by atoms with Crippen molar-refractivity contribution < 1.29 is 9.53 Å². The molecule has 1 aromatic rings. The molecule has 0 aliphatic rings. The van der Waals surface area contributed by atoms with Crippen LogP contribution in [0.5, 0.6) is 0 Å². The number of hydrogen-bond donors (Lipinski definition) is 1. The monoisotopic (exact) mass is 218 g/mol. The molecule has 0 amide bonds. The van der Waals surface area contributed by atoms with Gasteiger partial charge in [-0.2, -0.15) is 5.26 Å². The number of aryl methyl sites for hydroxylation is 1. The molecule has 16 heavy (non-hydrogen) atoms. The zero-order valence-corrected chi connectivity index (χ0v) is 9.36. The molecule has 0 aliphatic heterocycles. The summed E-state index contributed by atoms with van der Waals surface area (Å²) in [5.74, 6) is -0.510. The maximum absolute atomic E-state index is 11.6. The average molecular weight is 218 g/mol. The third-order valence-corrected chi connectivity index (χ3v) is 2.10. The van der Waals surface area contributed by atoms with Gasteiger partial charge >= 0.3 is 5.97 Å². The van der Waals surface area contributed by atoms with E-state index in [0.717, 1.165) is 5.56 Å². The summed E-state index contributed by atoms with van der Waals surface area (Å²) < 4.78 is 4.99. The number of nitrogen functional groups attached to an aromatic ring is 1. The number of carbonyl (C=O) groups is 1. The topological polar surface area (TPSA) is 76.1 Å². The zero-order valence-electron chi connectivity index (χ0n) is 9.36. The molecule has 0 radical (unpaired) electrons. The Kier molecular flexibility index (Phi) is 3.90. The van der Waals surface area contributed by atoms with Crippen LogP contribution in [-0.2, 0) is 4.74 Å². The largest absolute Gasteiger partial charge is 0.443 e. The molecule has 0 bridgehead atoms. The van der Waals surface area contributed by atoms with E-state index in [0.29, 0.717) is 17.7 Å². The van der Waals surface area contributed by atoms with Gasteiger partial charge in [0.15, 0.2) is 6.10 Å². The van der Waals surface area contributed by atoms with Gasteiger partial charge in [-0.25, -0.2) is 4.79 Å². The molecule has 0 heterocycles. The van der Waals surface area contributed by atoms with Crippen LogP contribution in [0.25, 0.3) is 0 Å². The smallest absolute Gasteiger partial charge is 0.339 e. The molecular weight excluding hydrogens is 204 g/mol. The van der Waals surface area contributed by atoms with Gasteiger partial charge in [-0.1, -0.05) is 6.92 Å². The van der Waals surface area contributed by atoms with E-state index < -0.39 is 12.1 Å². The second-order valence-corrected chi connectivity index (χ2v) is 3.56. The van der Waals surface area contributed by atoms with Crippen molar-refractivity contribution in [3.63, 3.8) is 0 Å². The van der Waals surface area contributed by atoms with Crippen LogP contribution in [0.1, 0.15) is 29.3 Å². The van der Waals surface area contributed by atoms with Crippen molar-refractivity contribution >= 4 is 11.7 Å². The summed E-state index contributed by atoms with van der Waals surface area (Å²) in [6.07, 6.45) is -0.224. The van der Waals surface area contributed by atoms with Crippen LogP contribution in [-0.4, -0.2) is 12.1 Å². The van der Waals surface area contributed by atoms with E-state index in [2.05, 4.69) is 0 Å². The Bertz CT molecular complexity index is 415. The fourth-order valence-corrected chi connectivity index (χ4v) is 1.33. The first-order chi connectivity index (χ1) is 7.56. The van der Waals surface area contributed by atoms with Crippen molar-refractivity contribution in [2.24, 2.45) is 0 Å². The number of benzene rings is 1. The molecule has 0 aromatic heterocycles. The number of anilines is 1. The molecular formula is C12H14N2O2. The molecule has 1 unspecified atom stereocenters. The van der Waals surface area contributed by atoms with Gasteiger partial charge in [-0.05, 0) is 37.1 Å². The number of carbonyl (C=O) groups excluding carboxylic acids is 1. The minimum atomic E-state index is -0.700. The average Bonchev–Trinajstić information content (AvgIpc) is 2.24. The number of esters is 1. The van der Waals surface area contributed by atoms with Gasteiger partial charge in [-0.3, -0.25) is 0 Å². The number of nitrogens with two attached hydrogens (primary N) is 1. The molecule has 2 N–H and O–H groups in total. The lowest BCUT2D eigenvalue weighted by atomic mass is 10.1. The van der Waals surface area contributed by atoms with E-state index in [1.54, 1.807) is 25.1 Å². The fourth-order valence-electron chi connectivity index (χ4n) is 1.33. The maximum Gasteiger partial charge on any atom is 0.339 e. The van der Waals surface area contributed by atoms with Gasteiger partial charge in [0.1, 0.15) is 6.07 Å². The lowest BCUT2D eigenvalue weighted by molar-refractivity contribution is 0.0401. The number of nitrogens with zero attached hydrogens (tertiary/aromatic N) is 1. The first kappa shape index (κ1) is 12.1. The lowest BCUT2D eigenvalue weighted by Gasteiger charge is -2.09. The van der Waals surface area contributed by atoms with E-state index in [1.807, 2.05) is 13.0 Å². The maximum atomic E-state index is 11.6. The molecule has 1 rings (SSSR count). The first-order valence-electron chi connectivity index (χ1n) is 5.04. The van der Waals surface area contributed by atoms with Crippen LogP contribution in [0.2, 0.25) is 0 Å². The minimum Gasteiger partial charge on any atom is -0.443 e. The summed E-state index contributed by atoms with van der Waals surface area (Å²) in [6.45, 7) is 3.63. The highest BCUT2D eigenvalue weighted by Crippen LogP contribution is 2.13. The van der Waals surface area contributed by atoms with E-state index in [4.69, 9.17) is 15.7 Å². The SMILES string of the molecule is CCC(C#N)OC(=O)c1cc(C)cc(N)c1. The Morgan fingerprint density at radius 1 is 1.56 bits per heavy atom. The number of nitriles is 1. The van der Waals surface area contributed by atoms with Crippen molar-refractivity contribution in [1.82, 2.24) is 0 Å². The number of hydrogen-bond acceptors (Lipinski definition) is 4. The van der Waals surface area contributed by atoms with E-state index in [1.165, 1.54) is 0 Å². The molecule has 84 valence electrons. The third-order valence-electron chi connectivity index (χ3n) is 2.10. The molecule has 0 fully saturated rings. The fraction of sp³-hybridized carbons (Fsp3) is 0.333. The van der Waals surface area contributed by atoms with Crippen LogP contribution >= 0.6 is 0 Å². The summed E-state index contributed by atoms with van der Waals surface area (Å²) >= 11 is 0. The van der Waals surface area contributed by atoms with E-state index in [-0.39, 0.29) is 0 Å². The second-order valence-electron chi connectivity index (χ2n) is 3.56. The van der Waals surface area contributed by atoms with Gasteiger partial charge in [-0.15, -0.1) is 0 Å². The van der Waals surface area contributed by atoms with Crippen molar-refractivity contribution in [2.45, 2.75) is 26.4 Å². The normalized spacial score (nSPS) is 11.6. The van der Waals surface area contributed by atoms with Crippen molar-refractivity contribution in [3.8, 4) is 6.07 Å². The van der Waals surface area contributed by atoms with Crippen LogP contribution in [0, 0.1) is 18.3 Å². The summed E-state index contributed by atoms with van der Waals surface area (Å²) in [4.78, 5) is 11.6. The summed E-state index contributed by atoms with van der Waals surface area (Å²) in [5, 5.41) is 8.68. The second kappa shape index (κ2) is 5.17. The standard InChI is InChI=1S/C12H14N2O2/c1-3-11(7-13)16-12(15)9-4-8(2)5-10(14)6-9/h4-6,11H,3,14H2,1-2H3. The Labute approximate surface area is 94.6 Å². The highest BCUT2D eigenvalue weighted by atomic mass is 16.5. The Morgan fingerprint density at radius 2 is 2.25 bits per heavy atom. The molecule has 0 spiro atoms. The summed E-state index contributed by atoms with van der Waals surface area (Å²) in [5.41, 5.74) is 7.40. The van der Waals surface area contributed by atoms with E-state index >= 15 is 0 Å². The molecule has 0 aliphatic carbocycles. The minimum absolute atomic E-state index is 0.381. The van der Waals surface area contributed by atoms with Crippen molar-refractivity contribution in [2.75, 3.05) is 5.73 Å². The van der Waals surface area contributed by atoms with Crippen LogP contribution < -0.4 is 5.73 Å². The highest BCUT2D eigenvalue weighted by Gasteiger charge is 2.14. The van der Waals surface area contributed by atoms with E-state index in [9.17, 15) is 4.79 Å². The number of ether oxygens (including phenoxy) is 1. The lowest BCUT2D eigenvalue weighted by Crippen LogP contribution is -2.15. The predicted molar refractivity (Wildman–Crippen MR) is 60.7 cm³/mol. The van der Waals surface area contributed by atoms with Crippen LogP contribution in [0.3, 0.4) is 0 Å². The Balaban J connectivity index is 2.85. The van der Waals surface area contributed by atoms with Crippen LogP contribution in [0.15, 0.2) is 18.2 Å². The first-order valence-corrected chi connectivity index (χ1v) is 5.04. The molecule has 1 aromatic carbocycles. The van der Waals surface area contributed by atoms with Gasteiger partial charge < -0.3 is 10.5 Å². The van der Waals surface area contributed by atoms with Gasteiger partial charge in [0.2, 0.25) is 0 Å². The predicted octanol–water partition coefficient (Wildman–Crippen LogP) is 2.04. The Morgan fingerprint density at radius 3 is 2.75 bits per heavy atom. The zero-order chi connectivity index (χ0) is 12.1. The van der Waals surface area contributed by atoms with Gasteiger partial charge in [0, 0.05) is 5.69 Å². The number of rotatable bonds is 3. The van der Waals surface area contributed by atoms with Crippen LogP contribution in [0.4, 0.5) is 5.69 Å². The van der Waals surface area contributed by atoms with Gasteiger partial charge in [0.05, 0.1) is 5.56 Å². The van der Waals surface area contributed by atoms with Crippen molar-refractivity contribution in [3.05, 3.63) is 29.3 Å². The molecule has 4 heteroatoms. The quantitative estimate of drug-likeness (QED) is 0.622. The molecule has 0 saturated heterocycles. The third kappa shape index (κ3) is 2.99. The molecule has 1 atom stereocenters. The summed E-state index contributed by atoms with van der Waals surface area (Å²) in [7, 11) is 0. The highest BCUT2D eigenvalue weighted by molar-refractivity contribution is 5.90. The van der Waals surface area contributed by atoms with Gasteiger partial charge in [0.25, 0.3) is 0 Å². The van der Waals surface area contributed by atoms with Crippen molar-refractivity contribution in [1.29, 1.82) is 5.26 Å².